The molecule has 0 aromatic heterocycles. The van der Waals surface area contributed by atoms with Crippen LogP contribution in [0.25, 0.3) is 0 Å². The van der Waals surface area contributed by atoms with Gasteiger partial charge in [0.15, 0.2) is 5.17 Å². The van der Waals surface area contributed by atoms with Gasteiger partial charge in [0.05, 0.1) is 0 Å². The van der Waals surface area contributed by atoms with E-state index in [4.69, 9.17) is 23.2 Å². The number of benzene rings is 1. The molecule has 4 nitrogen and oxygen atoms in total. The molecule has 0 unspecified atom stereocenters. The molecule has 1 aromatic carbocycles. The Bertz CT molecular complexity index is 753. The van der Waals surface area contributed by atoms with Gasteiger partial charge in [0.25, 0.3) is 5.91 Å². The van der Waals surface area contributed by atoms with Crippen LogP contribution >= 0.6 is 35.0 Å². The number of likely N-dealkylation sites (N-methyl/N-ethyl adjacent to an activating group) is 1. The van der Waals surface area contributed by atoms with E-state index in [0.717, 1.165) is 42.4 Å². The Balaban J connectivity index is 1.68. The van der Waals surface area contributed by atoms with Gasteiger partial charge in [0.1, 0.15) is 4.91 Å². The minimum Gasteiger partial charge on any atom is -0.323 e. The Morgan fingerprint density at radius 3 is 2.67 bits per heavy atom. The van der Waals surface area contributed by atoms with E-state index in [1.165, 1.54) is 17.5 Å². The molecule has 4 rings (SSSR count). The van der Waals surface area contributed by atoms with Crippen molar-refractivity contribution in [2.45, 2.75) is 19.3 Å². The maximum atomic E-state index is 13.1. The van der Waals surface area contributed by atoms with Crippen LogP contribution < -0.4 is 4.90 Å². The first-order valence-electron chi connectivity index (χ1n) is 8.03. The molecule has 1 fully saturated rings. The molecule has 0 bridgehead atoms. The van der Waals surface area contributed by atoms with Crippen LogP contribution in [0.2, 0.25) is 10.0 Å². The first kappa shape index (κ1) is 16.3. The van der Waals surface area contributed by atoms with Crippen molar-refractivity contribution in [2.75, 3.05) is 25.0 Å². The second kappa shape index (κ2) is 6.28. The molecule has 7 heteroatoms. The largest absolute Gasteiger partial charge is 0.323 e. The number of allylic oxidation sites excluding steroid dienone is 1. The Morgan fingerprint density at radius 1 is 1.29 bits per heavy atom. The van der Waals surface area contributed by atoms with Crippen LogP contribution in [0.4, 0.5) is 5.69 Å². The number of anilines is 1. The number of halogens is 2. The molecule has 0 spiro atoms. The Morgan fingerprint density at radius 2 is 2.00 bits per heavy atom. The molecule has 0 saturated heterocycles. The predicted octanol–water partition coefficient (Wildman–Crippen LogP) is 4.39. The molecule has 2 heterocycles. The lowest BCUT2D eigenvalue weighted by Gasteiger charge is -2.25. The van der Waals surface area contributed by atoms with Gasteiger partial charge in [-0.1, -0.05) is 23.2 Å². The van der Waals surface area contributed by atoms with Crippen LogP contribution in [0.3, 0.4) is 0 Å². The summed E-state index contributed by atoms with van der Waals surface area (Å²) in [6.45, 7) is 1.80. The van der Waals surface area contributed by atoms with Crippen LogP contribution in [0, 0.1) is 5.92 Å². The standard InChI is InChI=1S/C17H17Cl2N3OS/c1-21(13-8-11(18)7-12(19)9-13)16(23)15-14(10-3-4-10)22-6-2-5-20-17(22)24-15/h7-10H,2-6H2,1H3. The highest BCUT2D eigenvalue weighted by Gasteiger charge is 2.42. The number of hydrogen-bond donors (Lipinski definition) is 0. The summed E-state index contributed by atoms with van der Waals surface area (Å²) < 4.78 is 0. The van der Waals surface area contributed by atoms with Crippen LogP contribution in [-0.2, 0) is 4.79 Å². The molecule has 3 aliphatic rings. The van der Waals surface area contributed by atoms with E-state index in [-0.39, 0.29) is 5.91 Å². The van der Waals surface area contributed by atoms with Crippen molar-refractivity contribution in [3.63, 3.8) is 0 Å². The van der Waals surface area contributed by atoms with E-state index >= 15 is 0 Å². The molecule has 24 heavy (non-hydrogen) atoms. The molecule has 126 valence electrons. The zero-order valence-corrected chi connectivity index (χ0v) is 15.6. The molecule has 0 atom stereocenters. The van der Waals surface area contributed by atoms with Crippen molar-refractivity contribution in [1.82, 2.24) is 4.90 Å². The number of hydrogen-bond acceptors (Lipinski definition) is 4. The number of fused-ring (bicyclic) bond motifs is 1. The van der Waals surface area contributed by atoms with Gasteiger partial charge in [0, 0.05) is 47.5 Å². The third kappa shape index (κ3) is 2.93. The summed E-state index contributed by atoms with van der Waals surface area (Å²) in [5.74, 6) is 0.482. The number of rotatable bonds is 3. The number of aliphatic imine (C=N–C) groups is 1. The quantitative estimate of drug-likeness (QED) is 0.778. The zero-order chi connectivity index (χ0) is 16.8. The van der Waals surface area contributed by atoms with Crippen LogP contribution in [-0.4, -0.2) is 36.1 Å². The molecular formula is C17H17Cl2N3OS. The highest BCUT2D eigenvalue weighted by Crippen LogP contribution is 2.48. The molecule has 1 aromatic rings. The molecular weight excluding hydrogens is 365 g/mol. The van der Waals surface area contributed by atoms with Gasteiger partial charge in [-0.25, -0.2) is 0 Å². The predicted molar refractivity (Wildman–Crippen MR) is 101 cm³/mol. The van der Waals surface area contributed by atoms with Crippen molar-refractivity contribution < 1.29 is 4.79 Å². The fraction of sp³-hybridized carbons (Fsp3) is 0.412. The van der Waals surface area contributed by atoms with Gasteiger partial charge in [-0.2, -0.15) is 0 Å². The monoisotopic (exact) mass is 381 g/mol. The number of amides is 1. The first-order chi connectivity index (χ1) is 11.5. The molecule has 2 aliphatic heterocycles. The van der Waals surface area contributed by atoms with Crippen molar-refractivity contribution in [1.29, 1.82) is 0 Å². The lowest BCUT2D eigenvalue weighted by atomic mass is 10.2. The number of nitrogens with zero attached hydrogens (tertiary/aromatic N) is 3. The smallest absolute Gasteiger partial charge is 0.266 e. The fourth-order valence-corrected chi connectivity index (χ4v) is 4.84. The number of carbonyl (C=O) groups excluding carboxylic acids is 1. The first-order valence-corrected chi connectivity index (χ1v) is 9.60. The summed E-state index contributed by atoms with van der Waals surface area (Å²) in [6.07, 6.45) is 3.35. The Hall–Kier alpha value is -1.17. The summed E-state index contributed by atoms with van der Waals surface area (Å²) in [4.78, 5) is 22.4. The molecule has 1 aliphatic carbocycles. The normalized spacial score (nSPS) is 20.1. The van der Waals surface area contributed by atoms with E-state index < -0.39 is 0 Å². The van der Waals surface area contributed by atoms with E-state index in [1.807, 2.05) is 0 Å². The minimum absolute atomic E-state index is 0.0164. The Labute approximate surface area is 155 Å². The van der Waals surface area contributed by atoms with E-state index in [9.17, 15) is 4.79 Å². The van der Waals surface area contributed by atoms with Gasteiger partial charge in [-0.15, -0.1) is 0 Å². The minimum atomic E-state index is -0.0164. The van der Waals surface area contributed by atoms with Crippen LogP contribution in [0.1, 0.15) is 19.3 Å². The van der Waals surface area contributed by atoms with Gasteiger partial charge >= 0.3 is 0 Å². The van der Waals surface area contributed by atoms with Gasteiger partial charge in [0.2, 0.25) is 0 Å². The third-order valence-electron chi connectivity index (χ3n) is 4.43. The summed E-state index contributed by atoms with van der Waals surface area (Å²) in [7, 11) is 1.77. The van der Waals surface area contributed by atoms with Gasteiger partial charge in [-0.05, 0) is 49.2 Å². The summed E-state index contributed by atoms with van der Waals surface area (Å²) in [5, 5.41) is 2.02. The summed E-state index contributed by atoms with van der Waals surface area (Å²) >= 11 is 13.7. The second-order valence-electron chi connectivity index (χ2n) is 6.25. The second-order valence-corrected chi connectivity index (χ2v) is 8.10. The highest BCUT2D eigenvalue weighted by molar-refractivity contribution is 8.18. The third-order valence-corrected chi connectivity index (χ3v) is 5.99. The SMILES string of the molecule is CN(C(=O)C1=C(C2CC2)N2CCCN=C2S1)c1cc(Cl)cc(Cl)c1. The van der Waals surface area contributed by atoms with E-state index in [2.05, 4.69) is 9.89 Å². The number of amidine groups is 1. The number of carbonyl (C=O) groups is 1. The highest BCUT2D eigenvalue weighted by atomic mass is 35.5. The van der Waals surface area contributed by atoms with Crippen LogP contribution in [0.15, 0.2) is 33.8 Å². The zero-order valence-electron chi connectivity index (χ0n) is 13.3. The summed E-state index contributed by atoms with van der Waals surface area (Å²) in [5.41, 5.74) is 1.87. The molecule has 0 N–H and O–H groups in total. The van der Waals surface area contributed by atoms with Crippen molar-refractivity contribution in [3.8, 4) is 0 Å². The van der Waals surface area contributed by atoms with Gasteiger partial charge in [-0.3, -0.25) is 9.79 Å². The maximum absolute atomic E-state index is 13.1. The lowest BCUT2D eigenvalue weighted by Crippen LogP contribution is -2.31. The van der Waals surface area contributed by atoms with Crippen molar-refractivity contribution in [2.24, 2.45) is 10.9 Å². The van der Waals surface area contributed by atoms with Gasteiger partial charge < -0.3 is 9.80 Å². The topological polar surface area (TPSA) is 35.9 Å². The van der Waals surface area contributed by atoms with Crippen molar-refractivity contribution in [3.05, 3.63) is 38.8 Å². The van der Waals surface area contributed by atoms with Crippen LogP contribution in [0.5, 0.6) is 0 Å². The van der Waals surface area contributed by atoms with E-state index in [1.54, 1.807) is 30.1 Å². The molecule has 0 radical (unpaired) electrons. The van der Waals surface area contributed by atoms with Crippen molar-refractivity contribution >= 4 is 51.7 Å². The summed E-state index contributed by atoms with van der Waals surface area (Å²) in [6, 6.07) is 5.18. The van der Waals surface area contributed by atoms with E-state index in [0.29, 0.717) is 21.7 Å². The number of thioether (sulfide) groups is 1. The lowest BCUT2D eigenvalue weighted by molar-refractivity contribution is -0.114. The average molecular weight is 382 g/mol. The fourth-order valence-electron chi connectivity index (χ4n) is 3.08. The average Bonchev–Trinajstić information content (AvgIpc) is 3.32. The Kier molecular flexibility index (Phi) is 4.27. The molecule has 1 amide bonds. The maximum Gasteiger partial charge on any atom is 0.266 e. The molecule has 1 saturated carbocycles.